The Labute approximate surface area is 164 Å². The lowest BCUT2D eigenvalue weighted by molar-refractivity contribution is 0.431. The number of aromatic hydroxyl groups is 1. The molecule has 1 heterocycles. The summed E-state index contributed by atoms with van der Waals surface area (Å²) in [7, 11) is 1.69. The van der Waals surface area contributed by atoms with Crippen molar-refractivity contribution in [2.24, 2.45) is 4.99 Å². The second-order valence-corrected chi connectivity index (χ2v) is 6.77. The van der Waals surface area contributed by atoms with E-state index in [-0.39, 0.29) is 11.8 Å². The number of anilines is 1. The van der Waals surface area contributed by atoms with Crippen molar-refractivity contribution in [2.45, 2.75) is 25.4 Å². The Balaban J connectivity index is 1.60. The standard InChI is InChI=1S/C21H24FN5O/c1-24-21(25-13-15-8-9-20(28)18(22)11-15)26-17-6-4-10-27(14-17)19-7-3-2-5-16(19)12-23/h2-3,5,7-9,11,17,28H,4,6,10,13-14H2,1H3,(H2,24,25,26). The van der Waals surface area contributed by atoms with Gasteiger partial charge < -0.3 is 20.6 Å². The predicted octanol–water partition coefficient (Wildman–Crippen LogP) is 2.74. The summed E-state index contributed by atoms with van der Waals surface area (Å²) in [5.74, 6) is -0.360. The molecule has 28 heavy (non-hydrogen) atoms. The van der Waals surface area contributed by atoms with E-state index >= 15 is 0 Å². The molecule has 146 valence electrons. The quantitative estimate of drug-likeness (QED) is 0.560. The maximum atomic E-state index is 13.5. The third-order valence-electron chi connectivity index (χ3n) is 4.82. The zero-order valence-electron chi connectivity index (χ0n) is 15.8. The Bertz CT molecular complexity index is 893. The molecular weight excluding hydrogens is 357 g/mol. The minimum absolute atomic E-state index is 0.184. The number of nitrogens with one attached hydrogen (secondary N) is 2. The summed E-state index contributed by atoms with van der Waals surface area (Å²) in [4.78, 5) is 6.47. The third-order valence-corrected chi connectivity index (χ3v) is 4.82. The molecule has 1 aliphatic rings. The van der Waals surface area contributed by atoms with Crippen LogP contribution in [0, 0.1) is 17.1 Å². The van der Waals surface area contributed by atoms with Gasteiger partial charge in [-0.15, -0.1) is 0 Å². The van der Waals surface area contributed by atoms with Crippen molar-refractivity contribution in [1.82, 2.24) is 10.6 Å². The molecule has 1 fully saturated rings. The monoisotopic (exact) mass is 381 g/mol. The number of benzene rings is 2. The van der Waals surface area contributed by atoms with Crippen molar-refractivity contribution in [3.63, 3.8) is 0 Å². The number of phenolic OH excluding ortho intramolecular Hbond substituents is 1. The molecule has 1 aliphatic heterocycles. The van der Waals surface area contributed by atoms with Gasteiger partial charge in [0.2, 0.25) is 0 Å². The van der Waals surface area contributed by atoms with Crippen LogP contribution in [0.15, 0.2) is 47.5 Å². The maximum Gasteiger partial charge on any atom is 0.191 e. The van der Waals surface area contributed by atoms with E-state index in [1.54, 1.807) is 13.1 Å². The van der Waals surface area contributed by atoms with Crippen LogP contribution in [-0.2, 0) is 6.54 Å². The first-order valence-corrected chi connectivity index (χ1v) is 9.29. The van der Waals surface area contributed by atoms with Crippen molar-refractivity contribution in [1.29, 1.82) is 5.26 Å². The SMILES string of the molecule is CN=C(NCc1ccc(O)c(F)c1)NC1CCCN(c2ccccc2C#N)C1. The summed E-state index contributed by atoms with van der Waals surface area (Å²) in [5, 5.41) is 25.2. The number of hydrogen-bond donors (Lipinski definition) is 3. The van der Waals surface area contributed by atoms with Crippen molar-refractivity contribution in [2.75, 3.05) is 25.0 Å². The summed E-state index contributed by atoms with van der Waals surface area (Å²) in [6, 6.07) is 14.4. The largest absolute Gasteiger partial charge is 0.505 e. The Kier molecular flexibility index (Phi) is 6.33. The van der Waals surface area contributed by atoms with Crippen molar-refractivity contribution < 1.29 is 9.50 Å². The van der Waals surface area contributed by atoms with Gasteiger partial charge in [-0.25, -0.2) is 4.39 Å². The fourth-order valence-corrected chi connectivity index (χ4v) is 3.39. The second kappa shape index (κ2) is 9.09. The summed E-state index contributed by atoms with van der Waals surface area (Å²) < 4.78 is 13.5. The molecule has 1 atom stereocenters. The maximum absolute atomic E-state index is 13.5. The van der Waals surface area contributed by atoms with Gasteiger partial charge >= 0.3 is 0 Å². The van der Waals surface area contributed by atoms with Crippen LogP contribution < -0.4 is 15.5 Å². The number of rotatable bonds is 4. The van der Waals surface area contributed by atoms with Crippen LogP contribution >= 0.6 is 0 Å². The highest BCUT2D eigenvalue weighted by Crippen LogP contribution is 2.23. The van der Waals surface area contributed by atoms with Crippen LogP contribution in [0.4, 0.5) is 10.1 Å². The minimum Gasteiger partial charge on any atom is -0.505 e. The smallest absolute Gasteiger partial charge is 0.191 e. The summed E-state index contributed by atoms with van der Waals surface area (Å²) >= 11 is 0. The molecule has 1 saturated heterocycles. The van der Waals surface area contributed by atoms with Crippen LogP contribution in [-0.4, -0.2) is 37.2 Å². The molecule has 3 N–H and O–H groups in total. The summed E-state index contributed by atoms with van der Waals surface area (Å²) in [6.45, 7) is 2.08. The number of halogens is 1. The third kappa shape index (κ3) is 4.71. The van der Waals surface area contributed by atoms with Crippen LogP contribution in [0.1, 0.15) is 24.0 Å². The van der Waals surface area contributed by atoms with Gasteiger partial charge in [-0.3, -0.25) is 4.99 Å². The molecule has 0 aromatic heterocycles. The first kappa shape index (κ1) is 19.5. The average molecular weight is 381 g/mol. The second-order valence-electron chi connectivity index (χ2n) is 6.77. The van der Waals surface area contributed by atoms with Gasteiger partial charge in [0.05, 0.1) is 11.3 Å². The molecule has 0 spiro atoms. The highest BCUT2D eigenvalue weighted by Gasteiger charge is 2.22. The lowest BCUT2D eigenvalue weighted by Gasteiger charge is -2.35. The fraction of sp³-hybridized carbons (Fsp3) is 0.333. The molecule has 0 bridgehead atoms. The molecule has 0 saturated carbocycles. The molecule has 2 aromatic rings. The number of para-hydroxylation sites is 1. The Morgan fingerprint density at radius 1 is 1.36 bits per heavy atom. The molecule has 0 radical (unpaired) electrons. The summed E-state index contributed by atoms with van der Waals surface area (Å²) in [5.41, 5.74) is 2.35. The van der Waals surface area contributed by atoms with Gasteiger partial charge in [0, 0.05) is 32.7 Å². The van der Waals surface area contributed by atoms with Crippen LogP contribution in [0.2, 0.25) is 0 Å². The van der Waals surface area contributed by atoms with Gasteiger partial charge in [0.15, 0.2) is 17.5 Å². The van der Waals surface area contributed by atoms with E-state index in [1.807, 2.05) is 24.3 Å². The molecule has 0 aliphatic carbocycles. The van der Waals surface area contributed by atoms with Gasteiger partial charge in [-0.1, -0.05) is 18.2 Å². The van der Waals surface area contributed by atoms with Crippen LogP contribution in [0.25, 0.3) is 0 Å². The Morgan fingerprint density at radius 2 is 2.18 bits per heavy atom. The highest BCUT2D eigenvalue weighted by molar-refractivity contribution is 5.80. The Morgan fingerprint density at radius 3 is 2.93 bits per heavy atom. The number of piperidine rings is 1. The molecule has 7 heteroatoms. The van der Waals surface area contributed by atoms with Gasteiger partial charge in [-0.2, -0.15) is 5.26 Å². The zero-order valence-corrected chi connectivity index (χ0v) is 15.8. The van der Waals surface area contributed by atoms with Gasteiger partial charge in [-0.05, 0) is 42.7 Å². The number of aliphatic imine (C=N–C) groups is 1. The highest BCUT2D eigenvalue weighted by atomic mass is 19.1. The van der Waals surface area contributed by atoms with E-state index in [0.29, 0.717) is 23.6 Å². The Hall–Kier alpha value is -3.27. The van der Waals surface area contributed by atoms with Crippen LogP contribution in [0.3, 0.4) is 0 Å². The number of hydrogen-bond acceptors (Lipinski definition) is 4. The topological polar surface area (TPSA) is 83.7 Å². The zero-order chi connectivity index (χ0) is 19.9. The number of phenols is 1. The number of guanidine groups is 1. The minimum atomic E-state index is -0.638. The molecule has 0 amide bonds. The number of nitriles is 1. The first-order chi connectivity index (χ1) is 13.6. The first-order valence-electron chi connectivity index (χ1n) is 9.29. The van der Waals surface area contributed by atoms with Crippen molar-refractivity contribution in [3.05, 3.63) is 59.4 Å². The lowest BCUT2D eigenvalue weighted by Crippen LogP contribution is -2.51. The number of nitrogens with zero attached hydrogens (tertiary/aromatic N) is 3. The van der Waals surface area contributed by atoms with E-state index in [0.717, 1.165) is 31.6 Å². The average Bonchev–Trinajstić information content (AvgIpc) is 2.73. The van der Waals surface area contributed by atoms with E-state index in [1.165, 1.54) is 12.1 Å². The molecule has 3 rings (SSSR count). The van der Waals surface area contributed by atoms with E-state index in [9.17, 15) is 14.8 Å². The molecular formula is C21H24FN5O. The van der Waals surface area contributed by atoms with Crippen molar-refractivity contribution >= 4 is 11.6 Å². The van der Waals surface area contributed by atoms with E-state index in [2.05, 4.69) is 26.6 Å². The molecule has 1 unspecified atom stereocenters. The fourth-order valence-electron chi connectivity index (χ4n) is 3.39. The molecule has 6 nitrogen and oxygen atoms in total. The van der Waals surface area contributed by atoms with E-state index < -0.39 is 5.82 Å². The predicted molar refractivity (Wildman–Crippen MR) is 108 cm³/mol. The summed E-state index contributed by atoms with van der Waals surface area (Å²) in [6.07, 6.45) is 2.01. The van der Waals surface area contributed by atoms with Crippen LogP contribution in [0.5, 0.6) is 5.75 Å². The van der Waals surface area contributed by atoms with Gasteiger partial charge in [0.1, 0.15) is 6.07 Å². The van der Waals surface area contributed by atoms with Gasteiger partial charge in [0.25, 0.3) is 0 Å². The molecule has 2 aromatic carbocycles. The van der Waals surface area contributed by atoms with Crippen molar-refractivity contribution in [3.8, 4) is 11.8 Å². The van der Waals surface area contributed by atoms with E-state index in [4.69, 9.17) is 0 Å². The lowest BCUT2D eigenvalue weighted by atomic mass is 10.0. The normalized spacial score (nSPS) is 17.1.